The van der Waals surface area contributed by atoms with E-state index in [1.807, 2.05) is 6.92 Å². The highest BCUT2D eigenvalue weighted by molar-refractivity contribution is 6.33. The van der Waals surface area contributed by atoms with E-state index in [4.69, 9.17) is 11.6 Å². The van der Waals surface area contributed by atoms with Crippen LogP contribution < -0.4 is 5.32 Å². The lowest BCUT2D eigenvalue weighted by atomic mass is 10.1. The van der Waals surface area contributed by atoms with Crippen molar-refractivity contribution in [2.24, 2.45) is 11.8 Å². The summed E-state index contributed by atoms with van der Waals surface area (Å²) in [5.74, 6) is 1.56. The van der Waals surface area contributed by atoms with Crippen LogP contribution in [0, 0.1) is 28.9 Å². The SMILES string of the molecule is Cc1cc([N+](=O)[O-])c(Cl)cc1NC(C1CC1)C1CC1. The van der Waals surface area contributed by atoms with Crippen LogP contribution in [0.5, 0.6) is 0 Å². The molecule has 0 amide bonds. The molecule has 0 saturated heterocycles. The zero-order valence-electron chi connectivity index (χ0n) is 10.9. The van der Waals surface area contributed by atoms with Crippen LogP contribution in [0.4, 0.5) is 11.4 Å². The number of benzene rings is 1. The molecule has 0 spiro atoms. The summed E-state index contributed by atoms with van der Waals surface area (Å²) in [6.45, 7) is 1.89. The van der Waals surface area contributed by atoms with Crippen molar-refractivity contribution in [2.45, 2.75) is 38.6 Å². The van der Waals surface area contributed by atoms with E-state index >= 15 is 0 Å². The summed E-state index contributed by atoms with van der Waals surface area (Å²) in [4.78, 5) is 10.4. The summed E-state index contributed by atoms with van der Waals surface area (Å²) in [5, 5.41) is 14.6. The smallest absolute Gasteiger partial charge is 0.288 e. The summed E-state index contributed by atoms with van der Waals surface area (Å²) in [7, 11) is 0. The Morgan fingerprint density at radius 2 is 1.89 bits per heavy atom. The Kier molecular flexibility index (Phi) is 3.13. The number of anilines is 1. The number of nitro groups is 1. The summed E-state index contributed by atoms with van der Waals surface area (Å²) in [6.07, 6.45) is 5.20. The number of nitro benzene ring substituents is 1. The van der Waals surface area contributed by atoms with E-state index in [1.165, 1.54) is 25.7 Å². The van der Waals surface area contributed by atoms with Crippen molar-refractivity contribution < 1.29 is 4.92 Å². The predicted octanol–water partition coefficient (Wildman–Crippen LogP) is 4.16. The van der Waals surface area contributed by atoms with Gasteiger partial charge in [0, 0.05) is 17.8 Å². The van der Waals surface area contributed by atoms with Gasteiger partial charge in [-0.1, -0.05) is 11.6 Å². The molecule has 19 heavy (non-hydrogen) atoms. The van der Waals surface area contributed by atoms with Crippen LogP contribution in [-0.4, -0.2) is 11.0 Å². The average Bonchev–Trinajstić information content (AvgIpc) is 3.22. The van der Waals surface area contributed by atoms with E-state index in [9.17, 15) is 10.1 Å². The molecular weight excluding hydrogens is 264 g/mol. The zero-order chi connectivity index (χ0) is 13.6. The first-order valence-electron chi connectivity index (χ1n) is 6.77. The third-order valence-electron chi connectivity index (χ3n) is 4.07. The monoisotopic (exact) mass is 280 g/mol. The maximum atomic E-state index is 10.8. The van der Waals surface area contributed by atoms with Gasteiger partial charge in [0.2, 0.25) is 0 Å². The van der Waals surface area contributed by atoms with Gasteiger partial charge >= 0.3 is 0 Å². The third-order valence-corrected chi connectivity index (χ3v) is 4.38. The first kappa shape index (κ1) is 12.7. The van der Waals surface area contributed by atoms with Crippen LogP contribution in [0.2, 0.25) is 5.02 Å². The molecule has 4 nitrogen and oxygen atoms in total. The molecule has 1 aromatic rings. The molecule has 2 saturated carbocycles. The minimum atomic E-state index is -0.432. The molecular formula is C14H17ClN2O2. The Labute approximate surface area is 117 Å². The molecule has 0 bridgehead atoms. The molecule has 5 heteroatoms. The van der Waals surface area contributed by atoms with Crippen molar-refractivity contribution in [3.63, 3.8) is 0 Å². The van der Waals surface area contributed by atoms with Gasteiger partial charge in [-0.15, -0.1) is 0 Å². The molecule has 0 heterocycles. The van der Waals surface area contributed by atoms with Crippen LogP contribution >= 0.6 is 11.6 Å². The fourth-order valence-corrected chi connectivity index (χ4v) is 2.91. The molecule has 3 rings (SSSR count). The first-order valence-corrected chi connectivity index (χ1v) is 7.15. The summed E-state index contributed by atoms with van der Waals surface area (Å²) < 4.78 is 0. The Morgan fingerprint density at radius 3 is 2.37 bits per heavy atom. The number of nitrogens with zero attached hydrogens (tertiary/aromatic N) is 1. The topological polar surface area (TPSA) is 55.2 Å². The standard InChI is InChI=1S/C14H17ClN2O2/c1-8-6-13(17(18)19)11(15)7-12(8)16-14(9-2-3-9)10-4-5-10/h6-7,9-10,14,16H,2-5H2,1H3. The summed E-state index contributed by atoms with van der Waals surface area (Å²) in [6, 6.07) is 3.78. The Hall–Kier alpha value is -1.29. The van der Waals surface area contributed by atoms with Gasteiger partial charge in [0.25, 0.3) is 5.69 Å². The van der Waals surface area contributed by atoms with Gasteiger partial charge in [0.1, 0.15) is 5.02 Å². The Balaban J connectivity index is 1.83. The number of rotatable bonds is 5. The average molecular weight is 281 g/mol. The van der Waals surface area contributed by atoms with Gasteiger partial charge in [-0.25, -0.2) is 0 Å². The van der Waals surface area contributed by atoms with Crippen molar-refractivity contribution in [3.8, 4) is 0 Å². The quantitative estimate of drug-likeness (QED) is 0.651. The minimum absolute atomic E-state index is 0.0147. The van der Waals surface area contributed by atoms with E-state index in [0.717, 1.165) is 23.1 Å². The van der Waals surface area contributed by atoms with Gasteiger partial charge in [-0.2, -0.15) is 0 Å². The number of halogens is 1. The summed E-state index contributed by atoms with van der Waals surface area (Å²) >= 11 is 5.99. The zero-order valence-corrected chi connectivity index (χ0v) is 11.6. The number of hydrogen-bond donors (Lipinski definition) is 1. The second kappa shape index (κ2) is 4.67. The van der Waals surface area contributed by atoms with Crippen molar-refractivity contribution in [2.75, 3.05) is 5.32 Å². The molecule has 0 radical (unpaired) electrons. The van der Waals surface area contributed by atoms with Gasteiger partial charge < -0.3 is 5.32 Å². The van der Waals surface area contributed by atoms with E-state index in [2.05, 4.69) is 5.32 Å². The first-order chi connectivity index (χ1) is 9.06. The van der Waals surface area contributed by atoms with Crippen LogP contribution in [0.15, 0.2) is 12.1 Å². The van der Waals surface area contributed by atoms with Crippen molar-refractivity contribution in [1.29, 1.82) is 0 Å². The van der Waals surface area contributed by atoms with Crippen molar-refractivity contribution in [3.05, 3.63) is 32.8 Å². The van der Waals surface area contributed by atoms with Gasteiger partial charge in [-0.3, -0.25) is 10.1 Å². The number of hydrogen-bond acceptors (Lipinski definition) is 3. The largest absolute Gasteiger partial charge is 0.381 e. The van der Waals surface area contributed by atoms with Crippen molar-refractivity contribution in [1.82, 2.24) is 0 Å². The second-order valence-corrected chi connectivity index (χ2v) is 6.13. The molecule has 0 atom stereocenters. The van der Waals surface area contributed by atoms with Crippen LogP contribution in [0.25, 0.3) is 0 Å². The second-order valence-electron chi connectivity index (χ2n) is 5.72. The molecule has 2 aliphatic rings. The highest BCUT2D eigenvalue weighted by Crippen LogP contribution is 2.46. The van der Waals surface area contributed by atoms with Crippen molar-refractivity contribution >= 4 is 23.0 Å². The predicted molar refractivity (Wildman–Crippen MR) is 75.7 cm³/mol. The van der Waals surface area contributed by atoms with Gasteiger partial charge in [0.05, 0.1) is 4.92 Å². The van der Waals surface area contributed by atoms with E-state index in [-0.39, 0.29) is 10.7 Å². The normalized spacial score (nSPS) is 18.7. The number of nitrogens with one attached hydrogen (secondary N) is 1. The van der Waals surface area contributed by atoms with Crippen LogP contribution in [0.3, 0.4) is 0 Å². The molecule has 2 aliphatic carbocycles. The molecule has 1 aromatic carbocycles. The number of aryl methyl sites for hydroxylation is 1. The molecule has 0 aromatic heterocycles. The molecule has 1 N–H and O–H groups in total. The fraction of sp³-hybridized carbons (Fsp3) is 0.571. The summed E-state index contributed by atoms with van der Waals surface area (Å²) in [5.41, 5.74) is 1.82. The van der Waals surface area contributed by atoms with Crippen LogP contribution in [0.1, 0.15) is 31.2 Å². The van der Waals surface area contributed by atoms with Gasteiger partial charge in [-0.05, 0) is 56.1 Å². The Bertz CT molecular complexity index is 512. The molecule has 2 fully saturated rings. The molecule has 0 aliphatic heterocycles. The highest BCUT2D eigenvalue weighted by Gasteiger charge is 2.41. The van der Waals surface area contributed by atoms with E-state index < -0.39 is 4.92 Å². The lowest BCUT2D eigenvalue weighted by Crippen LogP contribution is -2.24. The van der Waals surface area contributed by atoms with Gasteiger partial charge in [0.15, 0.2) is 0 Å². The fourth-order valence-electron chi connectivity index (χ4n) is 2.67. The lowest BCUT2D eigenvalue weighted by molar-refractivity contribution is -0.384. The Morgan fingerprint density at radius 1 is 1.32 bits per heavy atom. The van der Waals surface area contributed by atoms with E-state index in [0.29, 0.717) is 6.04 Å². The highest BCUT2D eigenvalue weighted by atomic mass is 35.5. The maximum Gasteiger partial charge on any atom is 0.288 e. The minimum Gasteiger partial charge on any atom is -0.381 e. The maximum absolute atomic E-state index is 10.8. The third kappa shape index (κ3) is 2.68. The van der Waals surface area contributed by atoms with Crippen LogP contribution in [-0.2, 0) is 0 Å². The molecule has 0 unspecified atom stereocenters. The van der Waals surface area contributed by atoms with E-state index in [1.54, 1.807) is 12.1 Å². The lowest BCUT2D eigenvalue weighted by Gasteiger charge is -2.20. The molecule has 102 valence electrons.